The quantitative estimate of drug-likeness (QED) is 0.794. The molecule has 0 atom stereocenters. The second kappa shape index (κ2) is 7.87. The van der Waals surface area contributed by atoms with Crippen LogP contribution in [0.3, 0.4) is 0 Å². The van der Waals surface area contributed by atoms with Crippen LogP contribution in [0.15, 0.2) is 21.2 Å². The maximum absolute atomic E-state index is 12.2. The number of nitrogens with zero attached hydrogens (tertiary/aromatic N) is 3. The maximum Gasteiger partial charge on any atom is 0.323 e. The normalized spacial score (nSPS) is 10.9. The van der Waals surface area contributed by atoms with Gasteiger partial charge < -0.3 is 14.4 Å². The lowest BCUT2D eigenvalue weighted by atomic mass is 10.2. The lowest BCUT2D eigenvalue weighted by Gasteiger charge is -2.22. The number of hydrogen-bond donors (Lipinski definition) is 1. The maximum atomic E-state index is 12.2. The lowest BCUT2D eigenvalue weighted by Crippen LogP contribution is -2.38. The lowest BCUT2D eigenvalue weighted by molar-refractivity contribution is -0.144. The first-order valence-electron chi connectivity index (χ1n) is 7.30. The first-order chi connectivity index (χ1) is 11.0. The number of rotatable bonds is 8. The van der Waals surface area contributed by atoms with Crippen molar-refractivity contribution in [1.29, 1.82) is 0 Å². The molecule has 0 unspecified atom stereocenters. The van der Waals surface area contributed by atoms with Crippen molar-refractivity contribution in [2.75, 3.05) is 13.1 Å². The zero-order valence-corrected chi connectivity index (χ0v) is 13.9. The predicted octanol–water partition coefficient (Wildman–Crippen LogP) is 2.30. The Bertz CT molecular complexity index is 651. The summed E-state index contributed by atoms with van der Waals surface area (Å²) in [6.45, 7) is 4.00. The van der Waals surface area contributed by atoms with E-state index in [0.29, 0.717) is 24.7 Å². The highest BCUT2D eigenvalue weighted by molar-refractivity contribution is 7.08. The van der Waals surface area contributed by atoms with Gasteiger partial charge in [0.25, 0.3) is 0 Å². The Morgan fingerprint density at radius 3 is 2.78 bits per heavy atom. The molecule has 0 aliphatic carbocycles. The van der Waals surface area contributed by atoms with Crippen molar-refractivity contribution in [1.82, 2.24) is 15.1 Å². The molecule has 1 amide bonds. The van der Waals surface area contributed by atoms with Crippen molar-refractivity contribution >= 4 is 23.2 Å². The minimum atomic E-state index is -1.02. The molecule has 0 fully saturated rings. The highest BCUT2D eigenvalue weighted by Gasteiger charge is 2.19. The summed E-state index contributed by atoms with van der Waals surface area (Å²) in [6, 6.07) is 1.88. The molecule has 0 radical (unpaired) electrons. The molecule has 1 N–H and O–H groups in total. The molecule has 8 heteroatoms. The number of aromatic nitrogens is 2. The highest BCUT2D eigenvalue weighted by atomic mass is 32.1. The van der Waals surface area contributed by atoms with E-state index < -0.39 is 5.97 Å². The summed E-state index contributed by atoms with van der Waals surface area (Å²) in [6.07, 6.45) is 0.440. The number of carboxylic acids is 1. The first-order valence-corrected chi connectivity index (χ1v) is 8.24. The molecule has 0 aliphatic heterocycles. The zero-order valence-electron chi connectivity index (χ0n) is 13.1. The zero-order chi connectivity index (χ0) is 16.8. The van der Waals surface area contributed by atoms with Gasteiger partial charge in [-0.1, -0.05) is 13.8 Å². The number of carbonyl (C=O) groups excluding carboxylic acids is 1. The third-order valence-corrected chi connectivity index (χ3v) is 3.74. The van der Waals surface area contributed by atoms with Crippen LogP contribution in [-0.2, 0) is 16.0 Å². The highest BCUT2D eigenvalue weighted by Crippen LogP contribution is 2.20. The molecular formula is C15H19N3O4S. The van der Waals surface area contributed by atoms with Gasteiger partial charge in [0.15, 0.2) is 0 Å². The summed E-state index contributed by atoms with van der Waals surface area (Å²) >= 11 is 1.53. The van der Waals surface area contributed by atoms with Gasteiger partial charge in [0.2, 0.25) is 17.7 Å². The van der Waals surface area contributed by atoms with E-state index >= 15 is 0 Å². The van der Waals surface area contributed by atoms with Crippen LogP contribution in [0.5, 0.6) is 0 Å². The van der Waals surface area contributed by atoms with Crippen molar-refractivity contribution < 1.29 is 19.1 Å². The molecule has 0 aromatic carbocycles. The molecule has 2 aromatic heterocycles. The van der Waals surface area contributed by atoms with Crippen molar-refractivity contribution in [2.24, 2.45) is 5.92 Å². The van der Waals surface area contributed by atoms with E-state index in [1.54, 1.807) is 0 Å². The molecule has 2 aromatic rings. The van der Waals surface area contributed by atoms with E-state index in [2.05, 4.69) is 10.2 Å². The molecule has 0 aliphatic rings. The topological polar surface area (TPSA) is 96.5 Å². The fourth-order valence-electron chi connectivity index (χ4n) is 2.09. The van der Waals surface area contributed by atoms with Crippen LogP contribution in [0.4, 0.5) is 0 Å². The average Bonchev–Trinajstić information content (AvgIpc) is 3.13. The average molecular weight is 337 g/mol. The number of aryl methyl sites for hydroxylation is 1. The first kappa shape index (κ1) is 17.1. The van der Waals surface area contributed by atoms with E-state index in [4.69, 9.17) is 9.52 Å². The second-order valence-corrected chi connectivity index (χ2v) is 6.35. The van der Waals surface area contributed by atoms with Gasteiger partial charge in [-0.3, -0.25) is 9.59 Å². The molecule has 2 rings (SSSR count). The Morgan fingerprint density at radius 2 is 2.17 bits per heavy atom. The Balaban J connectivity index is 1.93. The van der Waals surface area contributed by atoms with Crippen LogP contribution >= 0.6 is 11.3 Å². The third-order valence-electron chi connectivity index (χ3n) is 3.05. The van der Waals surface area contributed by atoms with Crippen molar-refractivity contribution in [3.8, 4) is 11.5 Å². The van der Waals surface area contributed by atoms with E-state index in [1.165, 1.54) is 16.2 Å². The molecule has 7 nitrogen and oxygen atoms in total. The summed E-state index contributed by atoms with van der Waals surface area (Å²) in [7, 11) is 0. The van der Waals surface area contributed by atoms with E-state index in [-0.39, 0.29) is 24.8 Å². The molecule has 2 heterocycles. The van der Waals surface area contributed by atoms with Crippen LogP contribution in [-0.4, -0.2) is 45.2 Å². The van der Waals surface area contributed by atoms with E-state index in [1.807, 2.05) is 30.7 Å². The number of thiophene rings is 1. The summed E-state index contributed by atoms with van der Waals surface area (Å²) in [4.78, 5) is 24.4. The SMILES string of the molecule is CC(C)CN(CC(=O)O)C(=O)CCc1nnc(-c2ccsc2)o1. The summed E-state index contributed by atoms with van der Waals surface area (Å²) < 4.78 is 5.52. The Labute approximate surface area is 137 Å². The Kier molecular flexibility index (Phi) is 5.86. The molecule has 0 saturated heterocycles. The number of amides is 1. The molecule has 0 saturated carbocycles. The molecule has 23 heavy (non-hydrogen) atoms. The van der Waals surface area contributed by atoms with Gasteiger partial charge >= 0.3 is 5.97 Å². The number of carbonyl (C=O) groups is 2. The number of hydrogen-bond acceptors (Lipinski definition) is 6. The number of carboxylic acid groups (broad SMARTS) is 1. The molecular weight excluding hydrogens is 318 g/mol. The van der Waals surface area contributed by atoms with Gasteiger partial charge in [-0.25, -0.2) is 0 Å². The van der Waals surface area contributed by atoms with Crippen LogP contribution in [0.2, 0.25) is 0 Å². The second-order valence-electron chi connectivity index (χ2n) is 5.57. The molecule has 0 bridgehead atoms. The van der Waals surface area contributed by atoms with Crippen molar-refractivity contribution in [2.45, 2.75) is 26.7 Å². The monoisotopic (exact) mass is 337 g/mol. The van der Waals surface area contributed by atoms with Gasteiger partial charge in [0.1, 0.15) is 6.54 Å². The van der Waals surface area contributed by atoms with Crippen LogP contribution in [0, 0.1) is 5.92 Å². The smallest absolute Gasteiger partial charge is 0.323 e. The molecule has 0 spiro atoms. The standard InChI is InChI=1S/C15H19N3O4S/c1-10(2)7-18(8-14(20)21)13(19)4-3-12-16-17-15(22-12)11-5-6-23-9-11/h5-6,9-10H,3-4,7-8H2,1-2H3,(H,20,21). The van der Waals surface area contributed by atoms with Crippen LogP contribution < -0.4 is 0 Å². The van der Waals surface area contributed by atoms with E-state index in [9.17, 15) is 9.59 Å². The Morgan fingerprint density at radius 1 is 1.39 bits per heavy atom. The van der Waals surface area contributed by atoms with Crippen LogP contribution in [0.25, 0.3) is 11.5 Å². The summed E-state index contributed by atoms with van der Waals surface area (Å²) in [5, 5.41) is 20.6. The van der Waals surface area contributed by atoms with Crippen molar-refractivity contribution in [3.05, 3.63) is 22.7 Å². The third kappa shape index (κ3) is 5.17. The number of aliphatic carboxylic acids is 1. The fourth-order valence-corrected chi connectivity index (χ4v) is 2.72. The fraction of sp³-hybridized carbons (Fsp3) is 0.467. The minimum absolute atomic E-state index is 0.144. The van der Waals surface area contributed by atoms with Gasteiger partial charge in [0, 0.05) is 30.3 Å². The van der Waals surface area contributed by atoms with Gasteiger partial charge in [-0.2, -0.15) is 11.3 Å². The van der Waals surface area contributed by atoms with Crippen LogP contribution in [0.1, 0.15) is 26.2 Å². The minimum Gasteiger partial charge on any atom is -0.480 e. The largest absolute Gasteiger partial charge is 0.480 e. The van der Waals surface area contributed by atoms with E-state index in [0.717, 1.165) is 5.56 Å². The van der Waals surface area contributed by atoms with Gasteiger partial charge in [0.05, 0.1) is 0 Å². The molecule has 124 valence electrons. The van der Waals surface area contributed by atoms with Gasteiger partial charge in [-0.15, -0.1) is 10.2 Å². The summed E-state index contributed by atoms with van der Waals surface area (Å²) in [5.41, 5.74) is 0.854. The Hall–Kier alpha value is -2.22. The summed E-state index contributed by atoms with van der Waals surface area (Å²) in [5.74, 6) is -0.238. The van der Waals surface area contributed by atoms with Crippen molar-refractivity contribution in [3.63, 3.8) is 0 Å². The van der Waals surface area contributed by atoms with Gasteiger partial charge in [-0.05, 0) is 17.4 Å². The predicted molar refractivity (Wildman–Crippen MR) is 85.0 cm³/mol.